The number of halogens is 2. The third-order valence-electron chi connectivity index (χ3n) is 8.74. The van der Waals surface area contributed by atoms with E-state index in [0.717, 1.165) is 43.0 Å². The monoisotopic (exact) mass is 670 g/mol. The number of carbonyl (C=O) groups excluding carboxylic acids is 2. The van der Waals surface area contributed by atoms with Gasteiger partial charge in [-0.2, -0.15) is 0 Å². The van der Waals surface area contributed by atoms with Gasteiger partial charge in [-0.3, -0.25) is 9.59 Å². The molecule has 0 bridgehead atoms. The molecule has 10 heteroatoms. The Labute approximate surface area is 287 Å². The minimum absolute atomic E-state index is 0.0203. The zero-order valence-corrected chi connectivity index (χ0v) is 28.4. The van der Waals surface area contributed by atoms with E-state index in [9.17, 15) is 23.5 Å². The minimum Gasteiger partial charge on any atom is -0.445 e. The molecule has 3 aromatic rings. The largest absolute Gasteiger partial charge is 0.445 e. The van der Waals surface area contributed by atoms with E-state index >= 15 is 0 Å². The Hall–Kier alpha value is -4.85. The quantitative estimate of drug-likeness (QED) is 0.111. The number of oxazole rings is 1. The fourth-order valence-corrected chi connectivity index (χ4v) is 6.21. The molecule has 1 fully saturated rings. The van der Waals surface area contributed by atoms with Gasteiger partial charge in [-0.05, 0) is 80.7 Å². The van der Waals surface area contributed by atoms with Gasteiger partial charge in [-0.1, -0.05) is 38.5 Å². The molecule has 1 saturated carbocycles. The Kier molecular flexibility index (Phi) is 12.5. The molecule has 1 aliphatic rings. The molecule has 3 N–H and O–H groups in total. The molecule has 0 radical (unpaired) electrons. The van der Waals surface area contributed by atoms with Crippen LogP contribution in [0.3, 0.4) is 0 Å². The number of terminal acetylenes is 1. The van der Waals surface area contributed by atoms with Gasteiger partial charge in [0, 0.05) is 59.9 Å². The number of aliphatic hydroxyl groups is 1. The zero-order valence-electron chi connectivity index (χ0n) is 28.4. The first-order valence-electron chi connectivity index (χ1n) is 16.5. The van der Waals surface area contributed by atoms with Crippen molar-refractivity contribution in [1.29, 1.82) is 0 Å². The normalized spacial score (nSPS) is 19.6. The second-order valence-corrected chi connectivity index (χ2v) is 12.3. The Morgan fingerprint density at radius 3 is 2.57 bits per heavy atom. The molecule has 0 spiro atoms. The number of benzene rings is 2. The maximum absolute atomic E-state index is 14.5. The molecule has 4 rings (SSSR count). The molecule has 2 aromatic carbocycles. The first-order valence-corrected chi connectivity index (χ1v) is 16.5. The summed E-state index contributed by atoms with van der Waals surface area (Å²) >= 11 is 0. The minimum atomic E-state index is -1.24. The van der Waals surface area contributed by atoms with Crippen LogP contribution in [0.4, 0.5) is 8.78 Å². The Morgan fingerprint density at radius 2 is 1.94 bits per heavy atom. The average molecular weight is 671 g/mol. The van der Waals surface area contributed by atoms with Crippen molar-refractivity contribution < 1.29 is 27.9 Å². The molecule has 0 aliphatic heterocycles. The lowest BCUT2D eigenvalue weighted by molar-refractivity contribution is 0.0764. The summed E-state index contributed by atoms with van der Waals surface area (Å²) < 4.78 is 33.3. The summed E-state index contributed by atoms with van der Waals surface area (Å²) in [5, 5.41) is 17.9. The van der Waals surface area contributed by atoms with Crippen LogP contribution in [0.1, 0.15) is 84.8 Å². The van der Waals surface area contributed by atoms with Crippen LogP contribution in [0, 0.1) is 18.3 Å². The number of rotatable bonds is 16. The second-order valence-electron chi connectivity index (χ2n) is 12.3. The molecule has 3 unspecified atom stereocenters. The third kappa shape index (κ3) is 8.99. The third-order valence-corrected chi connectivity index (χ3v) is 8.74. The fourth-order valence-electron chi connectivity index (χ4n) is 6.21. The lowest BCUT2D eigenvalue weighted by atomic mass is 9.99. The van der Waals surface area contributed by atoms with E-state index in [4.69, 9.17) is 10.8 Å². The van der Waals surface area contributed by atoms with E-state index in [1.54, 1.807) is 17.0 Å². The summed E-state index contributed by atoms with van der Waals surface area (Å²) in [6.07, 6.45) is 10.7. The summed E-state index contributed by atoms with van der Waals surface area (Å²) in [5.74, 6) is 0.0141. The number of hydrogen-bond donors (Lipinski definition) is 3. The predicted molar refractivity (Wildman–Crippen MR) is 187 cm³/mol. The van der Waals surface area contributed by atoms with Gasteiger partial charge >= 0.3 is 0 Å². The maximum atomic E-state index is 14.5. The van der Waals surface area contributed by atoms with Crippen LogP contribution in [0.2, 0.25) is 0 Å². The Balaban J connectivity index is 1.67. The van der Waals surface area contributed by atoms with Crippen molar-refractivity contribution >= 4 is 11.8 Å². The summed E-state index contributed by atoms with van der Waals surface area (Å²) in [6, 6.07) is 12.2. The highest BCUT2D eigenvalue weighted by Crippen LogP contribution is 2.48. The van der Waals surface area contributed by atoms with Crippen molar-refractivity contribution in [3.8, 4) is 23.8 Å². The van der Waals surface area contributed by atoms with Crippen LogP contribution in [-0.4, -0.2) is 58.1 Å². The molecule has 2 amide bonds. The number of allylic oxidation sites excluding steroid dienone is 4. The van der Waals surface area contributed by atoms with Gasteiger partial charge in [0.15, 0.2) is 0 Å². The predicted octanol–water partition coefficient (Wildman–Crippen LogP) is 7.07. The first kappa shape index (κ1) is 37.0. The van der Waals surface area contributed by atoms with Crippen LogP contribution in [-0.2, 0) is 0 Å². The molecule has 258 valence electrons. The molecule has 1 aliphatic carbocycles. The van der Waals surface area contributed by atoms with E-state index in [-0.39, 0.29) is 41.0 Å². The number of aliphatic hydroxyl groups excluding tert-OH is 1. The zero-order chi connectivity index (χ0) is 35.7. The highest BCUT2D eigenvalue weighted by atomic mass is 19.1. The van der Waals surface area contributed by atoms with Crippen molar-refractivity contribution in [3.05, 3.63) is 113 Å². The molecule has 1 aromatic heterocycles. The van der Waals surface area contributed by atoms with Gasteiger partial charge in [0.1, 0.15) is 12.1 Å². The van der Waals surface area contributed by atoms with Crippen LogP contribution in [0.5, 0.6) is 0 Å². The van der Waals surface area contributed by atoms with Gasteiger partial charge in [0.2, 0.25) is 5.89 Å². The molecule has 4 atom stereocenters. The fraction of sp³-hybridized carbons (Fsp3) is 0.359. The molecule has 8 nitrogen and oxygen atoms in total. The summed E-state index contributed by atoms with van der Waals surface area (Å²) in [4.78, 5) is 33.5. The standard InChI is InChI=1S/C39H44F2N4O4/c1-7-15-45(10-4)38(48)31-21-29(20-30(22-31)37-42-14-16-49-37)36(47)44-39(23-25(5)17-32(41)18-26(6)40)33(35(39)46)24-43-34(9-3)28-13-11-12-27(8-2)19-28/h2,11-14,16-22,33-35,43,46H,5,7,9-10,15,23-24H2,1,3-4,6H3,(H,44,47)/b26-18+,32-17+/t33?,34?,35?,39-/m1/s1. The van der Waals surface area contributed by atoms with Crippen LogP contribution in [0.15, 0.2) is 95.3 Å². The highest BCUT2D eigenvalue weighted by Gasteiger charge is 2.64. The molecular weight excluding hydrogens is 626 g/mol. The van der Waals surface area contributed by atoms with Gasteiger partial charge < -0.3 is 25.1 Å². The number of hydrogen-bond acceptors (Lipinski definition) is 6. The van der Waals surface area contributed by atoms with E-state index in [1.807, 2.05) is 45.0 Å². The Bertz CT molecular complexity index is 1760. The SMILES string of the molecule is C#Cc1cccc(C(CC)NCC2C(O)[C@]2(CC(=C)/C=C(F)\C=C(/C)F)NC(=O)c2cc(C(=O)N(CC)CCC)cc(-c3ncco3)c2)c1. The number of aromatic nitrogens is 1. The van der Waals surface area contributed by atoms with E-state index in [0.29, 0.717) is 25.2 Å². The summed E-state index contributed by atoms with van der Waals surface area (Å²) in [5.41, 5.74) is 1.59. The molecule has 1 heterocycles. The van der Waals surface area contributed by atoms with Crippen molar-refractivity contribution in [1.82, 2.24) is 20.5 Å². The van der Waals surface area contributed by atoms with Crippen molar-refractivity contribution in [2.24, 2.45) is 5.92 Å². The van der Waals surface area contributed by atoms with Crippen molar-refractivity contribution in [3.63, 3.8) is 0 Å². The van der Waals surface area contributed by atoms with Crippen LogP contribution >= 0.6 is 0 Å². The number of amides is 2. The summed E-state index contributed by atoms with van der Waals surface area (Å²) in [6.45, 7) is 12.3. The van der Waals surface area contributed by atoms with Gasteiger partial charge in [-0.25, -0.2) is 13.8 Å². The average Bonchev–Trinajstić information content (AvgIpc) is 3.38. The lowest BCUT2D eigenvalue weighted by Crippen LogP contribution is -2.42. The molecule has 0 saturated heterocycles. The van der Waals surface area contributed by atoms with Crippen molar-refractivity contribution in [2.75, 3.05) is 19.6 Å². The van der Waals surface area contributed by atoms with E-state index in [2.05, 4.69) is 28.1 Å². The lowest BCUT2D eigenvalue weighted by Gasteiger charge is -2.23. The maximum Gasteiger partial charge on any atom is 0.253 e. The van der Waals surface area contributed by atoms with E-state index in [1.165, 1.54) is 18.5 Å². The first-order chi connectivity index (χ1) is 23.5. The second kappa shape index (κ2) is 16.5. The number of nitrogens with zero attached hydrogens (tertiary/aromatic N) is 2. The summed E-state index contributed by atoms with van der Waals surface area (Å²) in [7, 11) is 0. The molecular formula is C39H44F2N4O4. The smallest absolute Gasteiger partial charge is 0.253 e. The van der Waals surface area contributed by atoms with Gasteiger partial charge in [0.05, 0.1) is 23.7 Å². The topological polar surface area (TPSA) is 108 Å². The highest BCUT2D eigenvalue weighted by molar-refractivity contribution is 6.01. The molecule has 49 heavy (non-hydrogen) atoms. The number of carbonyl (C=O) groups is 2. The van der Waals surface area contributed by atoms with Crippen molar-refractivity contribution in [2.45, 2.75) is 64.6 Å². The van der Waals surface area contributed by atoms with E-state index < -0.39 is 35.1 Å². The Morgan fingerprint density at radius 1 is 1.18 bits per heavy atom. The van der Waals surface area contributed by atoms with Crippen LogP contribution < -0.4 is 10.6 Å². The van der Waals surface area contributed by atoms with Gasteiger partial charge in [0.25, 0.3) is 11.8 Å². The number of nitrogens with one attached hydrogen (secondary N) is 2. The van der Waals surface area contributed by atoms with Crippen LogP contribution in [0.25, 0.3) is 11.5 Å². The van der Waals surface area contributed by atoms with Gasteiger partial charge in [-0.15, -0.1) is 6.42 Å².